The van der Waals surface area contributed by atoms with E-state index in [1.807, 2.05) is 7.05 Å². The highest BCUT2D eigenvalue weighted by Crippen LogP contribution is 2.40. The van der Waals surface area contributed by atoms with E-state index in [2.05, 4.69) is 27.4 Å². The summed E-state index contributed by atoms with van der Waals surface area (Å²) in [5, 5.41) is 7.15. The van der Waals surface area contributed by atoms with E-state index in [1.165, 1.54) is 38.5 Å². The van der Waals surface area contributed by atoms with Gasteiger partial charge in [0.1, 0.15) is 0 Å². The molecule has 29 heavy (non-hydrogen) atoms. The third kappa shape index (κ3) is 6.97. The van der Waals surface area contributed by atoms with Crippen LogP contribution in [0.15, 0.2) is 4.99 Å². The summed E-state index contributed by atoms with van der Waals surface area (Å²) in [6.45, 7) is 6.36. The van der Waals surface area contributed by atoms with Crippen LogP contribution in [-0.2, 0) is 9.53 Å². The van der Waals surface area contributed by atoms with Crippen LogP contribution in [-0.4, -0.2) is 62.7 Å². The Balaban J connectivity index is 0.00000300. The number of nitrogens with one attached hydrogen (secondary N) is 2. The van der Waals surface area contributed by atoms with Crippen molar-refractivity contribution in [1.82, 2.24) is 15.5 Å². The minimum absolute atomic E-state index is 0. The van der Waals surface area contributed by atoms with Gasteiger partial charge in [0.05, 0.1) is 0 Å². The number of carbonyl (C=O) groups excluding carboxylic acids is 1. The van der Waals surface area contributed by atoms with Crippen LogP contribution < -0.4 is 10.6 Å². The molecule has 0 aromatic carbocycles. The largest absolute Gasteiger partial charge is 0.382 e. The highest BCUT2D eigenvalue weighted by Gasteiger charge is 2.35. The van der Waals surface area contributed by atoms with Crippen LogP contribution in [0.1, 0.15) is 71.1 Å². The fourth-order valence-corrected chi connectivity index (χ4v) is 5.24. The van der Waals surface area contributed by atoms with Gasteiger partial charge in [-0.2, -0.15) is 0 Å². The summed E-state index contributed by atoms with van der Waals surface area (Å²) in [4.78, 5) is 19.2. The number of likely N-dealkylation sites (tertiary alicyclic amines) is 1. The lowest BCUT2D eigenvalue weighted by molar-refractivity contribution is -0.134. The number of ether oxygens (including phenoxy) is 1. The van der Waals surface area contributed by atoms with Gasteiger partial charge in [-0.3, -0.25) is 9.79 Å². The second-order valence-corrected chi connectivity index (χ2v) is 8.98. The summed E-state index contributed by atoms with van der Waals surface area (Å²) in [5.74, 6) is 1.54. The minimum Gasteiger partial charge on any atom is -0.382 e. The number of guanidine groups is 1. The Bertz CT molecular complexity index is 531. The zero-order valence-corrected chi connectivity index (χ0v) is 20.7. The molecule has 0 aromatic rings. The van der Waals surface area contributed by atoms with Gasteiger partial charge in [0.2, 0.25) is 5.91 Å². The maximum absolute atomic E-state index is 12.7. The molecule has 0 radical (unpaired) electrons. The first-order valence-corrected chi connectivity index (χ1v) is 11.5. The van der Waals surface area contributed by atoms with Crippen LogP contribution in [0, 0.1) is 11.3 Å². The van der Waals surface area contributed by atoms with Gasteiger partial charge in [-0.05, 0) is 50.9 Å². The molecule has 7 heteroatoms. The predicted octanol–water partition coefficient (Wildman–Crippen LogP) is 3.55. The Morgan fingerprint density at radius 2 is 1.90 bits per heavy atom. The quantitative estimate of drug-likeness (QED) is 0.223. The maximum Gasteiger partial charge on any atom is 0.225 e. The van der Waals surface area contributed by atoms with Crippen molar-refractivity contribution in [2.75, 3.05) is 39.9 Å². The topological polar surface area (TPSA) is 66.0 Å². The van der Waals surface area contributed by atoms with Crippen molar-refractivity contribution < 1.29 is 9.53 Å². The van der Waals surface area contributed by atoms with E-state index >= 15 is 0 Å². The zero-order chi connectivity index (χ0) is 19.8. The minimum atomic E-state index is 0. The number of amides is 1. The number of nitrogens with zero attached hydrogens (tertiary/aromatic N) is 2. The lowest BCUT2D eigenvalue weighted by Gasteiger charge is -2.30. The van der Waals surface area contributed by atoms with Crippen LogP contribution in [0.3, 0.4) is 0 Å². The molecule has 0 bridgehead atoms. The summed E-state index contributed by atoms with van der Waals surface area (Å²) in [5.41, 5.74) is 0.340. The standard InChI is InChI=1S/C22H40N4O2.HI/c1-3-28-15-13-22(11-6-7-12-22)17-24-21(23-2)25-19-10-14-26(16-19)20(27)18-8-4-5-9-18;/h18-19H,3-17H2,1-2H3,(H2,23,24,25);1H. The number of halogens is 1. The van der Waals surface area contributed by atoms with Crippen LogP contribution in [0.2, 0.25) is 0 Å². The van der Waals surface area contributed by atoms with Gasteiger partial charge in [0, 0.05) is 51.9 Å². The van der Waals surface area contributed by atoms with E-state index in [9.17, 15) is 4.79 Å². The van der Waals surface area contributed by atoms with Crippen molar-refractivity contribution in [1.29, 1.82) is 0 Å². The molecule has 1 atom stereocenters. The molecule has 6 nitrogen and oxygen atoms in total. The molecule has 0 aromatic heterocycles. The molecule has 1 heterocycles. The Kier molecular flexibility index (Phi) is 10.5. The third-order valence-electron chi connectivity index (χ3n) is 7.04. The van der Waals surface area contributed by atoms with E-state index in [0.717, 1.165) is 64.5 Å². The molecule has 1 unspecified atom stereocenters. The van der Waals surface area contributed by atoms with Crippen molar-refractivity contribution in [3.8, 4) is 0 Å². The van der Waals surface area contributed by atoms with Gasteiger partial charge >= 0.3 is 0 Å². The van der Waals surface area contributed by atoms with Gasteiger partial charge in [0.25, 0.3) is 0 Å². The molecule has 3 aliphatic rings. The van der Waals surface area contributed by atoms with Gasteiger partial charge in [-0.25, -0.2) is 0 Å². The van der Waals surface area contributed by atoms with Crippen LogP contribution in [0.4, 0.5) is 0 Å². The monoisotopic (exact) mass is 520 g/mol. The van der Waals surface area contributed by atoms with Gasteiger partial charge in [-0.15, -0.1) is 24.0 Å². The molecule has 0 spiro atoms. The molecule has 168 valence electrons. The van der Waals surface area contributed by atoms with Crippen molar-refractivity contribution >= 4 is 35.8 Å². The van der Waals surface area contributed by atoms with Crippen LogP contribution in [0.25, 0.3) is 0 Å². The second-order valence-electron chi connectivity index (χ2n) is 8.98. The number of carbonyl (C=O) groups is 1. The van der Waals surface area contributed by atoms with Crippen molar-refractivity contribution in [2.45, 2.75) is 77.2 Å². The molecule has 2 aliphatic carbocycles. The predicted molar refractivity (Wildman–Crippen MR) is 129 cm³/mol. The highest BCUT2D eigenvalue weighted by atomic mass is 127. The Labute approximate surface area is 194 Å². The molecular weight excluding hydrogens is 479 g/mol. The molecule has 1 aliphatic heterocycles. The summed E-state index contributed by atoms with van der Waals surface area (Å²) in [6.07, 6.45) is 11.9. The number of hydrogen-bond donors (Lipinski definition) is 2. The molecule has 2 saturated carbocycles. The first-order chi connectivity index (χ1) is 13.7. The van der Waals surface area contributed by atoms with Crippen LogP contribution in [0.5, 0.6) is 0 Å². The molecule has 2 N–H and O–H groups in total. The van der Waals surface area contributed by atoms with E-state index in [0.29, 0.717) is 17.4 Å². The summed E-state index contributed by atoms with van der Waals surface area (Å²) >= 11 is 0. The van der Waals surface area contributed by atoms with Crippen molar-refractivity contribution in [2.24, 2.45) is 16.3 Å². The lowest BCUT2D eigenvalue weighted by Crippen LogP contribution is -2.48. The summed E-state index contributed by atoms with van der Waals surface area (Å²) < 4.78 is 5.63. The average Bonchev–Trinajstić information content (AvgIpc) is 3.47. The first kappa shape index (κ1) is 24.7. The number of aliphatic imine (C=N–C) groups is 1. The summed E-state index contributed by atoms with van der Waals surface area (Å²) in [7, 11) is 1.84. The normalized spacial score (nSPS) is 24.6. The molecule has 3 fully saturated rings. The van der Waals surface area contributed by atoms with Crippen molar-refractivity contribution in [3.05, 3.63) is 0 Å². The van der Waals surface area contributed by atoms with E-state index in [-0.39, 0.29) is 29.9 Å². The van der Waals surface area contributed by atoms with Gasteiger partial charge < -0.3 is 20.3 Å². The average molecular weight is 521 g/mol. The third-order valence-corrected chi connectivity index (χ3v) is 7.04. The van der Waals surface area contributed by atoms with E-state index in [4.69, 9.17) is 4.74 Å². The van der Waals surface area contributed by atoms with E-state index in [1.54, 1.807) is 0 Å². The van der Waals surface area contributed by atoms with E-state index < -0.39 is 0 Å². The lowest BCUT2D eigenvalue weighted by atomic mass is 9.83. The molecule has 1 saturated heterocycles. The second kappa shape index (κ2) is 12.3. The van der Waals surface area contributed by atoms with Crippen LogP contribution >= 0.6 is 24.0 Å². The fraction of sp³-hybridized carbons (Fsp3) is 0.909. The van der Waals surface area contributed by atoms with Crippen molar-refractivity contribution in [3.63, 3.8) is 0 Å². The van der Waals surface area contributed by atoms with Gasteiger partial charge in [-0.1, -0.05) is 25.7 Å². The number of hydrogen-bond acceptors (Lipinski definition) is 3. The summed E-state index contributed by atoms with van der Waals surface area (Å²) in [6, 6.07) is 0.305. The number of rotatable bonds is 8. The maximum atomic E-state index is 12.7. The first-order valence-electron chi connectivity index (χ1n) is 11.5. The fourth-order valence-electron chi connectivity index (χ4n) is 5.24. The molecule has 3 rings (SSSR count). The zero-order valence-electron chi connectivity index (χ0n) is 18.4. The Morgan fingerprint density at radius 1 is 1.17 bits per heavy atom. The Hall–Kier alpha value is -0.570. The SMILES string of the molecule is CCOCCC1(CNC(=NC)NC2CCN(C(=O)C3CCCC3)C2)CCCC1.I. The molecular formula is C22H41IN4O2. The molecule has 1 amide bonds. The van der Waals surface area contributed by atoms with Gasteiger partial charge in [0.15, 0.2) is 5.96 Å². The smallest absolute Gasteiger partial charge is 0.225 e. The highest BCUT2D eigenvalue weighted by molar-refractivity contribution is 14.0. The Morgan fingerprint density at radius 3 is 2.55 bits per heavy atom.